The summed E-state index contributed by atoms with van der Waals surface area (Å²) in [6.07, 6.45) is 0. The van der Waals surface area contributed by atoms with E-state index in [9.17, 15) is 0 Å². The molecule has 3 rings (SSSR count). The van der Waals surface area contributed by atoms with Crippen molar-refractivity contribution in [2.24, 2.45) is 12.0 Å². The second kappa shape index (κ2) is 5.56. The molecule has 1 heterocycles. The minimum atomic E-state index is 0.471. The maximum atomic E-state index is 5.30. The Hall–Kier alpha value is -1.98. The van der Waals surface area contributed by atoms with Gasteiger partial charge in [-0.3, -0.25) is 0 Å². The molecule has 0 unspecified atom stereocenters. The maximum absolute atomic E-state index is 5.30. The zero-order chi connectivity index (χ0) is 13.9. The Morgan fingerprint density at radius 1 is 1.10 bits per heavy atom. The van der Waals surface area contributed by atoms with Gasteiger partial charge >= 0.3 is 0 Å². The van der Waals surface area contributed by atoms with Crippen molar-refractivity contribution < 1.29 is 0 Å². The Balaban J connectivity index is 1.94. The summed E-state index contributed by atoms with van der Waals surface area (Å²) in [5, 5.41) is 3.59. The summed E-state index contributed by atoms with van der Waals surface area (Å²) in [5.41, 5.74) is 2.11. The molecule has 0 amide bonds. The van der Waals surface area contributed by atoms with Crippen LogP contribution in [0.4, 0.5) is 5.69 Å². The zero-order valence-electron chi connectivity index (χ0n) is 10.9. The highest BCUT2D eigenvalue weighted by atomic mass is 32.1. The smallest absolute Gasteiger partial charge is 0.199 e. The molecule has 5 heteroatoms. The van der Waals surface area contributed by atoms with Crippen molar-refractivity contribution >= 4 is 44.6 Å². The van der Waals surface area contributed by atoms with Crippen LogP contribution < -0.4 is 10.1 Å². The van der Waals surface area contributed by atoms with Crippen LogP contribution in [-0.2, 0) is 7.05 Å². The van der Waals surface area contributed by atoms with Crippen molar-refractivity contribution in [3.8, 4) is 0 Å². The largest absolute Gasteiger partial charge is 0.331 e. The Morgan fingerprint density at radius 3 is 2.55 bits per heavy atom. The number of thiocarbonyl (C=S) groups is 1. The van der Waals surface area contributed by atoms with E-state index in [0.717, 1.165) is 10.5 Å². The third-order valence-corrected chi connectivity index (χ3v) is 4.24. The van der Waals surface area contributed by atoms with Crippen molar-refractivity contribution in [3.05, 3.63) is 59.4 Å². The standard InChI is InChI=1S/C15H13N3S2/c1-18-12-9-5-6-10-13(12)20-15(18)17-14(19)16-11-7-3-2-4-8-11/h2-10H,1H3,(H,16,19). The summed E-state index contributed by atoms with van der Waals surface area (Å²) in [7, 11) is 2.00. The van der Waals surface area contributed by atoms with Crippen molar-refractivity contribution in [2.75, 3.05) is 5.32 Å². The van der Waals surface area contributed by atoms with Gasteiger partial charge in [-0.05, 0) is 36.5 Å². The van der Waals surface area contributed by atoms with Gasteiger partial charge in [-0.25, -0.2) is 0 Å². The van der Waals surface area contributed by atoms with Gasteiger partial charge in [0, 0.05) is 12.7 Å². The molecule has 0 fully saturated rings. The molecule has 3 aromatic rings. The topological polar surface area (TPSA) is 29.3 Å². The summed E-state index contributed by atoms with van der Waals surface area (Å²) in [5.74, 6) is 0. The SMILES string of the molecule is Cn1c(=NC(=S)Nc2ccccc2)sc2ccccc21. The zero-order valence-corrected chi connectivity index (χ0v) is 12.5. The minimum Gasteiger partial charge on any atom is -0.331 e. The lowest BCUT2D eigenvalue weighted by Gasteiger charge is -2.02. The third kappa shape index (κ3) is 2.64. The van der Waals surface area contributed by atoms with Gasteiger partial charge in [0.05, 0.1) is 10.2 Å². The van der Waals surface area contributed by atoms with Gasteiger partial charge in [0.2, 0.25) is 0 Å². The Kier molecular flexibility index (Phi) is 3.62. The van der Waals surface area contributed by atoms with E-state index in [2.05, 4.69) is 27.0 Å². The number of aromatic nitrogens is 1. The normalized spacial score (nSPS) is 11.8. The number of nitrogens with zero attached hydrogens (tertiary/aromatic N) is 2. The second-order valence-corrected chi connectivity index (χ2v) is 5.72. The Labute approximate surface area is 126 Å². The summed E-state index contributed by atoms with van der Waals surface area (Å²) < 4.78 is 3.26. The van der Waals surface area contributed by atoms with Crippen LogP contribution in [0.15, 0.2) is 59.6 Å². The van der Waals surface area contributed by atoms with E-state index in [1.54, 1.807) is 11.3 Å². The van der Waals surface area contributed by atoms with Crippen LogP contribution >= 0.6 is 23.6 Å². The van der Waals surface area contributed by atoms with E-state index in [-0.39, 0.29) is 0 Å². The average Bonchev–Trinajstić information content (AvgIpc) is 2.77. The number of thiazole rings is 1. The first-order valence-corrected chi connectivity index (χ1v) is 7.42. The fourth-order valence-electron chi connectivity index (χ4n) is 1.95. The molecule has 0 saturated carbocycles. The number of aryl methyl sites for hydroxylation is 1. The van der Waals surface area contributed by atoms with E-state index >= 15 is 0 Å². The van der Waals surface area contributed by atoms with Crippen molar-refractivity contribution in [1.29, 1.82) is 0 Å². The monoisotopic (exact) mass is 299 g/mol. The first-order valence-electron chi connectivity index (χ1n) is 6.19. The molecule has 0 radical (unpaired) electrons. The van der Waals surface area contributed by atoms with Gasteiger partial charge in [-0.1, -0.05) is 41.7 Å². The van der Waals surface area contributed by atoms with Gasteiger partial charge in [-0.2, -0.15) is 4.99 Å². The molecule has 20 heavy (non-hydrogen) atoms. The maximum Gasteiger partial charge on any atom is 0.199 e. The lowest BCUT2D eigenvalue weighted by atomic mass is 10.3. The second-order valence-electron chi connectivity index (χ2n) is 4.32. The van der Waals surface area contributed by atoms with Crippen molar-refractivity contribution in [3.63, 3.8) is 0 Å². The fraction of sp³-hybridized carbons (Fsp3) is 0.0667. The highest BCUT2D eigenvalue weighted by Gasteiger charge is 2.02. The molecule has 100 valence electrons. The van der Waals surface area contributed by atoms with Gasteiger partial charge in [0.1, 0.15) is 0 Å². The van der Waals surface area contributed by atoms with Crippen molar-refractivity contribution in [1.82, 2.24) is 4.57 Å². The molecule has 0 aliphatic heterocycles. The number of fused-ring (bicyclic) bond motifs is 1. The molecule has 0 bridgehead atoms. The van der Waals surface area contributed by atoms with Gasteiger partial charge in [-0.15, -0.1) is 0 Å². The van der Waals surface area contributed by atoms with Gasteiger partial charge < -0.3 is 9.88 Å². The van der Waals surface area contributed by atoms with Gasteiger partial charge in [0.15, 0.2) is 9.91 Å². The van der Waals surface area contributed by atoms with E-state index in [0.29, 0.717) is 5.11 Å². The molecule has 0 spiro atoms. The number of nitrogens with one attached hydrogen (secondary N) is 1. The lowest BCUT2D eigenvalue weighted by molar-refractivity contribution is 0.917. The van der Waals surface area contributed by atoms with Crippen molar-refractivity contribution in [2.45, 2.75) is 0 Å². The Morgan fingerprint density at radius 2 is 1.80 bits per heavy atom. The molecule has 3 nitrogen and oxygen atoms in total. The Bertz CT molecular complexity index is 816. The number of hydrogen-bond donors (Lipinski definition) is 1. The predicted octanol–water partition coefficient (Wildman–Crippen LogP) is 3.54. The minimum absolute atomic E-state index is 0.471. The van der Waals surface area contributed by atoms with Crippen LogP contribution in [0, 0.1) is 0 Å². The van der Waals surface area contributed by atoms with Crippen LogP contribution in [0.3, 0.4) is 0 Å². The average molecular weight is 299 g/mol. The molecule has 2 aromatic carbocycles. The number of anilines is 1. The molecule has 0 saturated heterocycles. The van der Waals surface area contributed by atoms with Crippen LogP contribution in [0.2, 0.25) is 0 Å². The van der Waals surface area contributed by atoms with Crippen LogP contribution in [0.5, 0.6) is 0 Å². The van der Waals surface area contributed by atoms with Crippen LogP contribution in [-0.4, -0.2) is 9.68 Å². The molecule has 0 aliphatic carbocycles. The van der Waals surface area contributed by atoms with Gasteiger partial charge in [0.25, 0.3) is 0 Å². The quantitative estimate of drug-likeness (QED) is 0.696. The third-order valence-electron chi connectivity index (χ3n) is 2.94. The molecule has 0 aliphatic rings. The molecule has 0 atom stereocenters. The molecular formula is C15H13N3S2. The number of hydrogen-bond acceptors (Lipinski definition) is 2. The van der Waals surface area contributed by atoms with Crippen LogP contribution in [0.1, 0.15) is 0 Å². The number of para-hydroxylation sites is 2. The van der Waals surface area contributed by atoms with E-state index in [1.807, 2.05) is 49.5 Å². The summed E-state index contributed by atoms with van der Waals surface area (Å²) in [6.45, 7) is 0. The summed E-state index contributed by atoms with van der Waals surface area (Å²) in [6, 6.07) is 18.1. The molecule has 1 aromatic heterocycles. The summed E-state index contributed by atoms with van der Waals surface area (Å²) >= 11 is 6.93. The summed E-state index contributed by atoms with van der Waals surface area (Å²) in [4.78, 5) is 5.38. The molecular weight excluding hydrogens is 286 g/mol. The van der Waals surface area contributed by atoms with E-state index < -0.39 is 0 Å². The van der Waals surface area contributed by atoms with E-state index in [4.69, 9.17) is 12.2 Å². The molecule has 1 N–H and O–H groups in total. The first-order chi connectivity index (χ1) is 9.74. The highest BCUT2D eigenvalue weighted by molar-refractivity contribution is 7.80. The predicted molar refractivity (Wildman–Crippen MR) is 89.0 cm³/mol. The lowest BCUT2D eigenvalue weighted by Crippen LogP contribution is -2.16. The highest BCUT2D eigenvalue weighted by Crippen LogP contribution is 2.15. The first kappa shape index (κ1) is 13.0. The number of benzene rings is 2. The fourth-order valence-corrected chi connectivity index (χ4v) is 3.24. The number of rotatable bonds is 1. The van der Waals surface area contributed by atoms with Crippen LogP contribution in [0.25, 0.3) is 10.2 Å². The van der Waals surface area contributed by atoms with E-state index in [1.165, 1.54) is 10.2 Å².